The van der Waals surface area contributed by atoms with Crippen LogP contribution in [0.3, 0.4) is 0 Å². The smallest absolute Gasteiger partial charge is 0.211 e. The van der Waals surface area contributed by atoms with Crippen molar-refractivity contribution < 1.29 is 8.42 Å². The van der Waals surface area contributed by atoms with Gasteiger partial charge in [-0.1, -0.05) is 27.7 Å². The summed E-state index contributed by atoms with van der Waals surface area (Å²) in [5.74, 6) is 0.0430. The highest BCUT2D eigenvalue weighted by Crippen LogP contribution is 2.27. The third-order valence-electron chi connectivity index (χ3n) is 2.98. The van der Waals surface area contributed by atoms with Gasteiger partial charge in [-0.05, 0) is 35.6 Å². The number of benzene rings is 1. The Hall–Kier alpha value is -1.38. The Labute approximate surface area is 115 Å². The molecule has 0 saturated heterocycles. The van der Waals surface area contributed by atoms with E-state index >= 15 is 0 Å². The molecule has 0 saturated carbocycles. The fraction of sp³-hybridized carbons (Fsp3) is 0.500. The Kier molecular flexibility index (Phi) is 5.10. The molecule has 1 aromatic rings. The Bertz CT molecular complexity index is 599. The Morgan fingerprint density at radius 3 is 2.37 bits per heavy atom. The van der Waals surface area contributed by atoms with Crippen molar-refractivity contribution in [3.05, 3.63) is 28.8 Å². The average Bonchev–Trinajstić information content (AvgIpc) is 2.36. The molecule has 0 fully saturated rings. The van der Waals surface area contributed by atoms with Gasteiger partial charge in [0, 0.05) is 6.54 Å². The fourth-order valence-corrected chi connectivity index (χ4v) is 3.42. The van der Waals surface area contributed by atoms with Crippen molar-refractivity contribution in [1.29, 1.82) is 5.26 Å². The van der Waals surface area contributed by atoms with Crippen LogP contribution in [0.5, 0.6) is 0 Å². The molecule has 0 aliphatic rings. The maximum absolute atomic E-state index is 12.2. The van der Waals surface area contributed by atoms with E-state index in [2.05, 4.69) is 10.8 Å². The third-order valence-corrected chi connectivity index (χ3v) is 4.58. The summed E-state index contributed by atoms with van der Waals surface area (Å²) in [6, 6.07) is 5.47. The summed E-state index contributed by atoms with van der Waals surface area (Å²) < 4.78 is 27.0. The molecule has 0 aromatic heterocycles. The first-order valence-corrected chi connectivity index (χ1v) is 7.92. The van der Waals surface area contributed by atoms with Crippen LogP contribution >= 0.6 is 0 Å². The summed E-state index contributed by atoms with van der Waals surface area (Å²) in [5, 5.41) is 9.14. The number of nitrogens with one attached hydrogen (secondary N) is 1. The minimum Gasteiger partial charge on any atom is -0.211 e. The van der Waals surface area contributed by atoms with Gasteiger partial charge < -0.3 is 0 Å². The van der Waals surface area contributed by atoms with Crippen LogP contribution in [0.15, 0.2) is 17.0 Å². The van der Waals surface area contributed by atoms with Crippen molar-refractivity contribution in [2.75, 3.05) is 6.54 Å². The molecule has 0 bridgehead atoms. The molecule has 1 rings (SSSR count). The maximum atomic E-state index is 12.2. The maximum Gasteiger partial charge on any atom is 0.240 e. The zero-order valence-electron chi connectivity index (χ0n) is 11.8. The zero-order chi connectivity index (χ0) is 14.6. The molecular weight excluding hydrogens is 260 g/mol. The van der Waals surface area contributed by atoms with Crippen LogP contribution in [-0.4, -0.2) is 15.0 Å². The predicted molar refractivity (Wildman–Crippen MR) is 75.5 cm³/mol. The van der Waals surface area contributed by atoms with E-state index in [1.165, 1.54) is 0 Å². The molecule has 0 aliphatic carbocycles. The summed E-state index contributed by atoms with van der Waals surface area (Å²) in [6.07, 6.45) is 0.635. The van der Waals surface area contributed by atoms with Crippen LogP contribution in [0.1, 0.15) is 50.3 Å². The van der Waals surface area contributed by atoms with Gasteiger partial charge in [0.1, 0.15) is 0 Å². The normalized spacial score (nSPS) is 11.6. The van der Waals surface area contributed by atoms with Crippen LogP contribution < -0.4 is 4.72 Å². The van der Waals surface area contributed by atoms with Crippen LogP contribution in [0.4, 0.5) is 0 Å². The van der Waals surface area contributed by atoms with Crippen molar-refractivity contribution in [3.8, 4) is 6.07 Å². The summed E-state index contributed by atoms with van der Waals surface area (Å²) in [4.78, 5) is 0.292. The van der Waals surface area contributed by atoms with Gasteiger partial charge >= 0.3 is 0 Å². The summed E-state index contributed by atoms with van der Waals surface area (Å²) in [5.41, 5.74) is 2.01. The van der Waals surface area contributed by atoms with Gasteiger partial charge in [0.25, 0.3) is 0 Å². The second-order valence-corrected chi connectivity index (χ2v) is 6.40. The van der Waals surface area contributed by atoms with E-state index in [0.717, 1.165) is 5.56 Å². The largest absolute Gasteiger partial charge is 0.240 e. The first-order valence-electron chi connectivity index (χ1n) is 6.43. The van der Waals surface area contributed by atoms with E-state index in [0.29, 0.717) is 29.0 Å². The molecule has 5 heteroatoms. The number of hydrogen-bond acceptors (Lipinski definition) is 3. The monoisotopic (exact) mass is 280 g/mol. The van der Waals surface area contributed by atoms with Gasteiger partial charge in [0.2, 0.25) is 10.0 Å². The standard InChI is InChI=1S/C14H20N2O2S/c1-5-11-8-14(19(17,18)16-6-2)13(10(3)4)7-12(11)9-15/h7-8,10,16H,5-6H2,1-4H3. The molecular formula is C14H20N2O2S. The minimum absolute atomic E-state index is 0.0430. The summed E-state index contributed by atoms with van der Waals surface area (Å²) >= 11 is 0. The predicted octanol–water partition coefficient (Wildman–Crippen LogP) is 2.54. The Morgan fingerprint density at radius 1 is 1.32 bits per heavy atom. The average molecular weight is 280 g/mol. The SMILES string of the molecule is CCNS(=O)(=O)c1cc(CC)c(C#N)cc1C(C)C. The minimum atomic E-state index is -3.50. The molecule has 0 heterocycles. The highest BCUT2D eigenvalue weighted by atomic mass is 32.2. The molecule has 1 aromatic carbocycles. The highest BCUT2D eigenvalue weighted by Gasteiger charge is 2.21. The van der Waals surface area contributed by atoms with Gasteiger partial charge in [-0.25, -0.2) is 13.1 Å². The van der Waals surface area contributed by atoms with Crippen LogP contribution in [-0.2, 0) is 16.4 Å². The number of sulfonamides is 1. The molecule has 19 heavy (non-hydrogen) atoms. The first-order chi connectivity index (χ1) is 8.87. The van der Waals surface area contributed by atoms with Gasteiger partial charge in [-0.2, -0.15) is 5.26 Å². The highest BCUT2D eigenvalue weighted by molar-refractivity contribution is 7.89. The van der Waals surface area contributed by atoms with E-state index in [4.69, 9.17) is 5.26 Å². The fourth-order valence-electron chi connectivity index (χ4n) is 1.99. The lowest BCUT2D eigenvalue weighted by Gasteiger charge is -2.16. The van der Waals surface area contributed by atoms with Crippen LogP contribution in [0.2, 0.25) is 0 Å². The second kappa shape index (κ2) is 6.18. The number of nitriles is 1. The molecule has 1 N–H and O–H groups in total. The van der Waals surface area contributed by atoms with Gasteiger partial charge in [0.15, 0.2) is 0 Å². The molecule has 104 valence electrons. The summed E-state index contributed by atoms with van der Waals surface area (Å²) in [7, 11) is -3.50. The van der Waals surface area contributed by atoms with Gasteiger partial charge in [-0.15, -0.1) is 0 Å². The molecule has 0 atom stereocenters. The van der Waals surface area contributed by atoms with Gasteiger partial charge in [0.05, 0.1) is 16.5 Å². The van der Waals surface area contributed by atoms with Crippen molar-refractivity contribution in [3.63, 3.8) is 0 Å². The van der Waals surface area contributed by atoms with E-state index in [9.17, 15) is 8.42 Å². The van der Waals surface area contributed by atoms with E-state index < -0.39 is 10.0 Å². The quantitative estimate of drug-likeness (QED) is 0.901. The van der Waals surface area contributed by atoms with Crippen LogP contribution in [0, 0.1) is 11.3 Å². The van der Waals surface area contributed by atoms with Crippen molar-refractivity contribution >= 4 is 10.0 Å². The lowest BCUT2D eigenvalue weighted by Crippen LogP contribution is -2.25. The summed E-state index contributed by atoms with van der Waals surface area (Å²) in [6.45, 7) is 7.85. The van der Waals surface area contributed by atoms with Crippen molar-refractivity contribution in [2.45, 2.75) is 44.9 Å². The second-order valence-electron chi connectivity index (χ2n) is 4.67. The van der Waals surface area contributed by atoms with Gasteiger partial charge in [-0.3, -0.25) is 0 Å². The zero-order valence-corrected chi connectivity index (χ0v) is 12.6. The first kappa shape index (κ1) is 15.7. The molecule has 0 amide bonds. The molecule has 0 spiro atoms. The number of aryl methyl sites for hydroxylation is 1. The van der Waals surface area contributed by atoms with Crippen molar-refractivity contribution in [2.24, 2.45) is 0 Å². The third kappa shape index (κ3) is 3.34. The Balaban J connectivity index is 3.59. The van der Waals surface area contributed by atoms with E-state index in [-0.39, 0.29) is 5.92 Å². The molecule has 4 nitrogen and oxygen atoms in total. The molecule has 0 unspecified atom stereocenters. The van der Waals surface area contributed by atoms with E-state index in [1.807, 2.05) is 20.8 Å². The Morgan fingerprint density at radius 2 is 1.95 bits per heavy atom. The number of nitrogens with zero attached hydrogens (tertiary/aromatic N) is 1. The van der Waals surface area contributed by atoms with Crippen LogP contribution in [0.25, 0.3) is 0 Å². The molecule has 0 radical (unpaired) electrons. The van der Waals surface area contributed by atoms with E-state index in [1.54, 1.807) is 19.1 Å². The van der Waals surface area contributed by atoms with Crippen molar-refractivity contribution in [1.82, 2.24) is 4.72 Å². The number of rotatable bonds is 5. The molecule has 0 aliphatic heterocycles. The number of hydrogen-bond donors (Lipinski definition) is 1. The topological polar surface area (TPSA) is 70.0 Å². The lowest BCUT2D eigenvalue weighted by molar-refractivity contribution is 0.581. The lowest BCUT2D eigenvalue weighted by atomic mass is 9.96.